The van der Waals surface area contributed by atoms with Crippen LogP contribution in [-0.2, 0) is 6.54 Å². The van der Waals surface area contributed by atoms with E-state index in [1.165, 1.54) is 12.1 Å². The van der Waals surface area contributed by atoms with Gasteiger partial charge in [-0.05, 0) is 52.8 Å². The number of benzene rings is 3. The van der Waals surface area contributed by atoms with Crippen LogP contribution in [0.3, 0.4) is 0 Å². The summed E-state index contributed by atoms with van der Waals surface area (Å²) >= 11 is 5.18. The van der Waals surface area contributed by atoms with Gasteiger partial charge in [0.1, 0.15) is 11.6 Å². The maximum atomic E-state index is 12.8. The molecule has 3 rings (SSSR count). The SMILES string of the molecule is Fc1ccc(CNC(=S)Oc2ccc3ccccc3c2)cc1. The van der Waals surface area contributed by atoms with Gasteiger partial charge in [0, 0.05) is 6.54 Å². The molecule has 110 valence electrons. The van der Waals surface area contributed by atoms with E-state index in [9.17, 15) is 4.39 Å². The third-order valence-electron chi connectivity index (χ3n) is 3.28. The summed E-state index contributed by atoms with van der Waals surface area (Å²) in [5, 5.41) is 5.54. The molecule has 3 aromatic carbocycles. The summed E-state index contributed by atoms with van der Waals surface area (Å²) in [6, 6.07) is 20.1. The minimum Gasteiger partial charge on any atom is -0.432 e. The molecular formula is C18H14FNOS. The van der Waals surface area contributed by atoms with Crippen molar-refractivity contribution in [1.29, 1.82) is 0 Å². The Labute approximate surface area is 133 Å². The maximum Gasteiger partial charge on any atom is 0.262 e. The number of ether oxygens (including phenoxy) is 1. The van der Waals surface area contributed by atoms with Crippen LogP contribution in [0.5, 0.6) is 5.75 Å². The summed E-state index contributed by atoms with van der Waals surface area (Å²) in [7, 11) is 0. The van der Waals surface area contributed by atoms with E-state index in [-0.39, 0.29) is 5.82 Å². The van der Waals surface area contributed by atoms with Gasteiger partial charge in [-0.3, -0.25) is 0 Å². The number of nitrogens with one attached hydrogen (secondary N) is 1. The van der Waals surface area contributed by atoms with Crippen LogP contribution in [0.2, 0.25) is 0 Å². The van der Waals surface area contributed by atoms with Gasteiger partial charge in [-0.15, -0.1) is 0 Å². The van der Waals surface area contributed by atoms with E-state index in [0.29, 0.717) is 17.5 Å². The van der Waals surface area contributed by atoms with Crippen molar-refractivity contribution in [2.45, 2.75) is 6.54 Å². The van der Waals surface area contributed by atoms with Gasteiger partial charge in [-0.25, -0.2) is 4.39 Å². The summed E-state index contributed by atoms with van der Waals surface area (Å²) < 4.78 is 18.4. The van der Waals surface area contributed by atoms with Crippen molar-refractivity contribution in [1.82, 2.24) is 5.32 Å². The zero-order valence-corrected chi connectivity index (χ0v) is 12.6. The van der Waals surface area contributed by atoms with Crippen molar-refractivity contribution in [3.63, 3.8) is 0 Å². The molecule has 0 aliphatic heterocycles. The van der Waals surface area contributed by atoms with Gasteiger partial charge >= 0.3 is 0 Å². The molecule has 22 heavy (non-hydrogen) atoms. The number of hydrogen-bond donors (Lipinski definition) is 1. The van der Waals surface area contributed by atoms with Crippen LogP contribution < -0.4 is 10.1 Å². The molecule has 0 unspecified atom stereocenters. The highest BCUT2D eigenvalue weighted by molar-refractivity contribution is 7.80. The Morgan fingerprint density at radius 2 is 1.68 bits per heavy atom. The molecule has 0 radical (unpaired) electrons. The Hall–Kier alpha value is -2.46. The minimum atomic E-state index is -0.251. The van der Waals surface area contributed by atoms with E-state index in [0.717, 1.165) is 16.3 Å². The lowest BCUT2D eigenvalue weighted by atomic mass is 10.1. The molecule has 0 saturated carbocycles. The van der Waals surface area contributed by atoms with Gasteiger partial charge in [0.05, 0.1) is 0 Å². The fourth-order valence-corrected chi connectivity index (χ4v) is 2.32. The van der Waals surface area contributed by atoms with Gasteiger partial charge < -0.3 is 10.1 Å². The predicted octanol–water partition coefficient (Wildman–Crippen LogP) is 4.43. The number of rotatable bonds is 3. The van der Waals surface area contributed by atoms with Crippen LogP contribution in [0.4, 0.5) is 4.39 Å². The summed E-state index contributed by atoms with van der Waals surface area (Å²) in [6.45, 7) is 0.493. The smallest absolute Gasteiger partial charge is 0.262 e. The summed E-state index contributed by atoms with van der Waals surface area (Å²) in [4.78, 5) is 0. The average molecular weight is 311 g/mol. The van der Waals surface area contributed by atoms with Gasteiger partial charge in [-0.1, -0.05) is 42.5 Å². The molecular weight excluding hydrogens is 297 g/mol. The fraction of sp³-hybridized carbons (Fsp3) is 0.0556. The topological polar surface area (TPSA) is 21.3 Å². The molecule has 0 spiro atoms. The quantitative estimate of drug-likeness (QED) is 0.723. The molecule has 2 nitrogen and oxygen atoms in total. The second kappa shape index (κ2) is 6.54. The molecule has 0 atom stereocenters. The maximum absolute atomic E-state index is 12.8. The number of fused-ring (bicyclic) bond motifs is 1. The second-order valence-electron chi connectivity index (χ2n) is 4.88. The standard InChI is InChI=1S/C18H14FNOS/c19-16-8-5-13(6-9-16)12-20-18(22)21-17-10-7-14-3-1-2-4-15(14)11-17/h1-11H,12H2,(H,20,22). The van der Waals surface area contributed by atoms with Crippen molar-refractivity contribution in [3.05, 3.63) is 78.1 Å². The van der Waals surface area contributed by atoms with E-state index in [4.69, 9.17) is 17.0 Å². The molecule has 0 saturated heterocycles. The average Bonchev–Trinajstić information content (AvgIpc) is 2.54. The number of halogens is 1. The Balaban J connectivity index is 1.61. The molecule has 0 fully saturated rings. The molecule has 0 amide bonds. The van der Waals surface area contributed by atoms with Crippen molar-refractivity contribution in [3.8, 4) is 5.75 Å². The van der Waals surface area contributed by atoms with Crippen LogP contribution in [0.15, 0.2) is 66.7 Å². The molecule has 3 aromatic rings. The Morgan fingerprint density at radius 1 is 0.955 bits per heavy atom. The third-order valence-corrected chi connectivity index (χ3v) is 3.51. The van der Waals surface area contributed by atoms with E-state index >= 15 is 0 Å². The molecule has 0 aliphatic rings. The first-order valence-electron chi connectivity index (χ1n) is 6.90. The van der Waals surface area contributed by atoms with Crippen LogP contribution >= 0.6 is 12.2 Å². The molecule has 0 heterocycles. The highest BCUT2D eigenvalue weighted by atomic mass is 32.1. The zero-order chi connectivity index (χ0) is 15.4. The summed E-state index contributed by atoms with van der Waals surface area (Å²) in [5.41, 5.74) is 0.936. The van der Waals surface area contributed by atoms with Crippen molar-refractivity contribution < 1.29 is 9.13 Å². The summed E-state index contributed by atoms with van der Waals surface area (Å²) in [6.07, 6.45) is 0. The van der Waals surface area contributed by atoms with Crippen LogP contribution in [-0.4, -0.2) is 5.17 Å². The van der Waals surface area contributed by atoms with Gasteiger partial charge in [-0.2, -0.15) is 0 Å². The lowest BCUT2D eigenvalue weighted by Gasteiger charge is -2.10. The minimum absolute atomic E-state index is 0.251. The molecule has 4 heteroatoms. The highest BCUT2D eigenvalue weighted by Crippen LogP contribution is 2.20. The molecule has 0 bridgehead atoms. The first-order chi connectivity index (χ1) is 10.7. The van der Waals surface area contributed by atoms with E-state index in [1.807, 2.05) is 42.5 Å². The lowest BCUT2D eigenvalue weighted by Crippen LogP contribution is -2.25. The lowest BCUT2D eigenvalue weighted by molar-refractivity contribution is 0.532. The van der Waals surface area contributed by atoms with Crippen LogP contribution in [0.25, 0.3) is 10.8 Å². The molecule has 1 N–H and O–H groups in total. The van der Waals surface area contributed by atoms with E-state index in [2.05, 4.69) is 5.32 Å². The van der Waals surface area contributed by atoms with Gasteiger partial charge in [0.2, 0.25) is 0 Å². The predicted molar refractivity (Wildman–Crippen MR) is 90.4 cm³/mol. The van der Waals surface area contributed by atoms with Gasteiger partial charge in [0.15, 0.2) is 0 Å². The highest BCUT2D eigenvalue weighted by Gasteiger charge is 2.02. The Kier molecular flexibility index (Phi) is 4.30. The fourth-order valence-electron chi connectivity index (χ4n) is 2.15. The van der Waals surface area contributed by atoms with Crippen molar-refractivity contribution in [2.24, 2.45) is 0 Å². The van der Waals surface area contributed by atoms with Crippen molar-refractivity contribution in [2.75, 3.05) is 0 Å². The molecule has 0 aromatic heterocycles. The van der Waals surface area contributed by atoms with E-state index in [1.54, 1.807) is 12.1 Å². The van der Waals surface area contributed by atoms with Gasteiger partial charge in [0.25, 0.3) is 5.17 Å². The van der Waals surface area contributed by atoms with Crippen molar-refractivity contribution >= 4 is 28.2 Å². The zero-order valence-electron chi connectivity index (χ0n) is 11.8. The van der Waals surface area contributed by atoms with Crippen LogP contribution in [0, 0.1) is 5.82 Å². The molecule has 0 aliphatic carbocycles. The monoisotopic (exact) mass is 311 g/mol. The summed E-state index contributed by atoms with van der Waals surface area (Å²) in [5.74, 6) is 0.439. The third kappa shape index (κ3) is 3.59. The number of thiocarbonyl (C=S) groups is 1. The Morgan fingerprint density at radius 3 is 2.45 bits per heavy atom. The van der Waals surface area contributed by atoms with Crippen LogP contribution in [0.1, 0.15) is 5.56 Å². The Bertz CT molecular complexity index is 802. The first-order valence-corrected chi connectivity index (χ1v) is 7.30. The second-order valence-corrected chi connectivity index (χ2v) is 5.25. The largest absolute Gasteiger partial charge is 0.432 e. The first kappa shape index (κ1) is 14.5. The van der Waals surface area contributed by atoms with E-state index < -0.39 is 0 Å². The normalized spacial score (nSPS) is 10.4. The number of hydrogen-bond acceptors (Lipinski definition) is 2.